The highest BCUT2D eigenvalue weighted by molar-refractivity contribution is 7.89. The Balaban J connectivity index is 2.13. The van der Waals surface area contributed by atoms with Gasteiger partial charge < -0.3 is 5.11 Å². The SMILES string of the molecule is CC(O)(CNS(=O)(=O)c1ccc(F)cc1)c1ccc(F)cc1. The van der Waals surface area contributed by atoms with E-state index in [9.17, 15) is 22.3 Å². The first kappa shape index (κ1) is 16.5. The van der Waals surface area contributed by atoms with Crippen LogP contribution in [0.2, 0.25) is 0 Å². The molecule has 2 N–H and O–H groups in total. The van der Waals surface area contributed by atoms with Gasteiger partial charge in [0.2, 0.25) is 10.0 Å². The Bertz CT molecular complexity index is 741. The molecule has 4 nitrogen and oxygen atoms in total. The van der Waals surface area contributed by atoms with Crippen LogP contribution in [-0.2, 0) is 15.6 Å². The molecule has 0 heterocycles. The minimum atomic E-state index is -3.88. The van der Waals surface area contributed by atoms with E-state index in [1.54, 1.807) is 0 Å². The van der Waals surface area contributed by atoms with Crippen LogP contribution in [0.4, 0.5) is 8.78 Å². The van der Waals surface area contributed by atoms with Crippen LogP contribution >= 0.6 is 0 Å². The lowest BCUT2D eigenvalue weighted by Crippen LogP contribution is -2.38. The first-order chi connectivity index (χ1) is 10.2. The summed E-state index contributed by atoms with van der Waals surface area (Å²) in [6.07, 6.45) is 0. The molecule has 0 saturated carbocycles. The largest absolute Gasteiger partial charge is 0.384 e. The Morgan fingerprint density at radius 3 is 1.95 bits per heavy atom. The van der Waals surface area contributed by atoms with Gasteiger partial charge in [0, 0.05) is 6.54 Å². The van der Waals surface area contributed by atoms with Gasteiger partial charge in [-0.15, -0.1) is 0 Å². The highest BCUT2D eigenvalue weighted by Crippen LogP contribution is 2.21. The highest BCUT2D eigenvalue weighted by atomic mass is 32.2. The van der Waals surface area contributed by atoms with Crippen LogP contribution in [0.5, 0.6) is 0 Å². The standard InChI is InChI=1S/C15H15F2NO3S/c1-15(19,11-2-4-12(16)5-3-11)10-18-22(20,21)14-8-6-13(17)7-9-14/h2-9,18-19H,10H2,1H3. The second-order valence-corrected chi connectivity index (χ2v) is 6.83. The van der Waals surface area contributed by atoms with E-state index in [0.717, 1.165) is 24.3 Å². The lowest BCUT2D eigenvalue weighted by Gasteiger charge is -2.24. The summed E-state index contributed by atoms with van der Waals surface area (Å²) < 4.78 is 52.1. The highest BCUT2D eigenvalue weighted by Gasteiger charge is 2.26. The normalized spacial score (nSPS) is 14.5. The molecule has 0 aliphatic carbocycles. The number of rotatable bonds is 5. The van der Waals surface area contributed by atoms with Crippen molar-refractivity contribution >= 4 is 10.0 Å². The van der Waals surface area contributed by atoms with Gasteiger partial charge in [0.15, 0.2) is 0 Å². The number of hydrogen-bond acceptors (Lipinski definition) is 3. The van der Waals surface area contributed by atoms with Gasteiger partial charge in [-0.3, -0.25) is 0 Å². The molecule has 2 aromatic carbocycles. The molecular weight excluding hydrogens is 312 g/mol. The summed E-state index contributed by atoms with van der Waals surface area (Å²) in [6, 6.07) is 9.44. The van der Waals surface area contributed by atoms with Crippen LogP contribution in [0.1, 0.15) is 12.5 Å². The molecular formula is C15H15F2NO3S. The van der Waals surface area contributed by atoms with Crippen LogP contribution in [0.25, 0.3) is 0 Å². The fourth-order valence-corrected chi connectivity index (χ4v) is 2.98. The van der Waals surface area contributed by atoms with E-state index in [-0.39, 0.29) is 11.4 Å². The summed E-state index contributed by atoms with van der Waals surface area (Å²) in [7, 11) is -3.88. The van der Waals surface area contributed by atoms with Gasteiger partial charge in [-0.1, -0.05) is 12.1 Å². The van der Waals surface area contributed by atoms with Crippen molar-refractivity contribution in [2.45, 2.75) is 17.4 Å². The maximum absolute atomic E-state index is 12.9. The van der Waals surface area contributed by atoms with Crippen LogP contribution in [0, 0.1) is 11.6 Å². The van der Waals surface area contributed by atoms with Crippen LogP contribution in [-0.4, -0.2) is 20.1 Å². The average molecular weight is 327 g/mol. The first-order valence-corrected chi connectivity index (χ1v) is 7.93. The molecule has 0 fully saturated rings. The fourth-order valence-electron chi connectivity index (χ4n) is 1.84. The summed E-state index contributed by atoms with van der Waals surface area (Å²) in [5, 5.41) is 10.3. The van der Waals surface area contributed by atoms with Gasteiger partial charge in [-0.05, 0) is 48.9 Å². The molecule has 0 bridgehead atoms. The minimum absolute atomic E-state index is 0.108. The van der Waals surface area contributed by atoms with Crippen molar-refractivity contribution in [3.05, 3.63) is 65.7 Å². The molecule has 22 heavy (non-hydrogen) atoms. The predicted octanol–water partition coefficient (Wildman–Crippen LogP) is 2.15. The fraction of sp³-hybridized carbons (Fsp3) is 0.200. The van der Waals surface area contributed by atoms with Crippen LogP contribution in [0.3, 0.4) is 0 Å². The lowest BCUT2D eigenvalue weighted by atomic mass is 9.96. The molecule has 0 aliphatic rings. The smallest absolute Gasteiger partial charge is 0.240 e. The Hall–Kier alpha value is -1.83. The second-order valence-electron chi connectivity index (χ2n) is 5.06. The van der Waals surface area contributed by atoms with Gasteiger partial charge in [0.25, 0.3) is 0 Å². The van der Waals surface area contributed by atoms with Crippen LogP contribution < -0.4 is 4.72 Å². The lowest BCUT2D eigenvalue weighted by molar-refractivity contribution is 0.0627. The Kier molecular flexibility index (Phi) is 4.60. The number of halogens is 2. The third-order valence-electron chi connectivity index (χ3n) is 3.20. The third kappa shape index (κ3) is 3.88. The molecule has 2 aromatic rings. The van der Waals surface area contributed by atoms with Crippen molar-refractivity contribution in [1.29, 1.82) is 0 Å². The molecule has 0 amide bonds. The van der Waals surface area contributed by atoms with E-state index in [2.05, 4.69) is 4.72 Å². The Morgan fingerprint density at radius 1 is 1.00 bits per heavy atom. The number of nitrogens with one attached hydrogen (secondary N) is 1. The van der Waals surface area contributed by atoms with Gasteiger partial charge in [0.05, 0.1) is 4.90 Å². The number of benzene rings is 2. The molecule has 7 heteroatoms. The Morgan fingerprint density at radius 2 is 1.45 bits per heavy atom. The van der Waals surface area contributed by atoms with Gasteiger partial charge in [-0.25, -0.2) is 21.9 Å². The topological polar surface area (TPSA) is 66.4 Å². The summed E-state index contributed by atoms with van der Waals surface area (Å²) in [5.74, 6) is -0.997. The van der Waals surface area contributed by atoms with Crippen molar-refractivity contribution in [2.75, 3.05) is 6.54 Å². The van der Waals surface area contributed by atoms with Crippen molar-refractivity contribution in [3.8, 4) is 0 Å². The predicted molar refractivity (Wildman–Crippen MR) is 77.6 cm³/mol. The third-order valence-corrected chi connectivity index (χ3v) is 4.61. The Labute approximate surface area is 127 Å². The average Bonchev–Trinajstić information content (AvgIpc) is 2.46. The first-order valence-electron chi connectivity index (χ1n) is 6.44. The van der Waals surface area contributed by atoms with E-state index in [4.69, 9.17) is 0 Å². The number of sulfonamides is 1. The second kappa shape index (κ2) is 6.12. The zero-order valence-electron chi connectivity index (χ0n) is 11.8. The summed E-state index contributed by atoms with van der Waals surface area (Å²) >= 11 is 0. The maximum Gasteiger partial charge on any atom is 0.240 e. The summed E-state index contributed by atoms with van der Waals surface area (Å²) in [4.78, 5) is -0.108. The molecule has 0 saturated heterocycles. The van der Waals surface area contributed by atoms with E-state index in [1.165, 1.54) is 31.2 Å². The van der Waals surface area contributed by atoms with Crippen molar-refractivity contribution in [2.24, 2.45) is 0 Å². The summed E-state index contributed by atoms with van der Waals surface area (Å²) in [5.41, 5.74) is -1.14. The molecule has 2 rings (SSSR count). The van der Waals surface area contributed by atoms with E-state index in [0.29, 0.717) is 5.56 Å². The molecule has 0 aromatic heterocycles. The zero-order chi connectivity index (χ0) is 16.4. The number of aliphatic hydroxyl groups is 1. The van der Waals surface area contributed by atoms with Gasteiger partial charge >= 0.3 is 0 Å². The van der Waals surface area contributed by atoms with Gasteiger partial charge in [-0.2, -0.15) is 0 Å². The minimum Gasteiger partial charge on any atom is -0.384 e. The van der Waals surface area contributed by atoms with Gasteiger partial charge in [0.1, 0.15) is 17.2 Å². The molecule has 118 valence electrons. The molecule has 0 radical (unpaired) electrons. The monoisotopic (exact) mass is 327 g/mol. The number of hydrogen-bond donors (Lipinski definition) is 2. The molecule has 1 unspecified atom stereocenters. The van der Waals surface area contributed by atoms with Crippen LogP contribution in [0.15, 0.2) is 53.4 Å². The zero-order valence-corrected chi connectivity index (χ0v) is 12.6. The molecule has 0 spiro atoms. The maximum atomic E-state index is 12.9. The van der Waals surface area contributed by atoms with E-state index in [1.807, 2.05) is 0 Å². The van der Waals surface area contributed by atoms with E-state index < -0.39 is 27.3 Å². The van der Waals surface area contributed by atoms with Crippen molar-refractivity contribution in [3.63, 3.8) is 0 Å². The summed E-state index contributed by atoms with van der Waals surface area (Å²) in [6.45, 7) is 1.10. The van der Waals surface area contributed by atoms with Crippen molar-refractivity contribution in [1.82, 2.24) is 4.72 Å². The molecule has 1 atom stereocenters. The quantitative estimate of drug-likeness (QED) is 0.884. The van der Waals surface area contributed by atoms with E-state index >= 15 is 0 Å². The van der Waals surface area contributed by atoms with Crippen molar-refractivity contribution < 1.29 is 22.3 Å². The molecule has 0 aliphatic heterocycles.